The summed E-state index contributed by atoms with van der Waals surface area (Å²) >= 11 is 0. The topological polar surface area (TPSA) is 69.6 Å². The molecule has 1 saturated heterocycles. The number of carboxylic acid groups (broad SMARTS) is 1. The Balaban J connectivity index is 1.77. The lowest BCUT2D eigenvalue weighted by molar-refractivity contribution is -0.140. The normalized spacial score (nSPS) is 33.1. The molecule has 2 rings (SSSR count). The van der Waals surface area contributed by atoms with Crippen molar-refractivity contribution >= 4 is 11.9 Å². The monoisotopic (exact) mass is 240 g/mol. The summed E-state index contributed by atoms with van der Waals surface area (Å²) in [7, 11) is 0. The predicted molar refractivity (Wildman–Crippen MR) is 62.5 cm³/mol. The van der Waals surface area contributed by atoms with E-state index in [0.717, 1.165) is 32.5 Å². The van der Waals surface area contributed by atoms with E-state index in [1.54, 1.807) is 0 Å². The van der Waals surface area contributed by atoms with Gasteiger partial charge in [0.05, 0.1) is 11.8 Å². The maximum absolute atomic E-state index is 11.8. The molecular weight excluding hydrogens is 220 g/mol. The van der Waals surface area contributed by atoms with Gasteiger partial charge in [0.2, 0.25) is 5.91 Å². The number of amides is 1. The maximum Gasteiger partial charge on any atom is 0.307 e. The van der Waals surface area contributed by atoms with Crippen molar-refractivity contribution in [2.24, 2.45) is 11.8 Å². The Hall–Kier alpha value is -1.10. The van der Waals surface area contributed by atoms with Gasteiger partial charge in [-0.3, -0.25) is 9.59 Å². The molecule has 3 atom stereocenters. The van der Waals surface area contributed by atoms with Gasteiger partial charge in [-0.15, -0.1) is 0 Å². The van der Waals surface area contributed by atoms with Gasteiger partial charge in [-0.1, -0.05) is 6.92 Å². The lowest BCUT2D eigenvalue weighted by Gasteiger charge is -2.32. The van der Waals surface area contributed by atoms with Crippen molar-refractivity contribution in [1.82, 2.24) is 10.2 Å². The average Bonchev–Trinajstić information content (AvgIpc) is 3.09. The molecule has 0 spiro atoms. The van der Waals surface area contributed by atoms with E-state index in [1.165, 1.54) is 0 Å². The summed E-state index contributed by atoms with van der Waals surface area (Å²) in [5, 5.41) is 11.8. The van der Waals surface area contributed by atoms with Crippen LogP contribution in [0.1, 0.15) is 26.2 Å². The summed E-state index contributed by atoms with van der Waals surface area (Å²) in [6.45, 7) is 5.12. The molecule has 1 aliphatic carbocycles. The molecular formula is C12H20N2O3. The SMILES string of the molecule is CCN1CCCC(NC(=O)C2CC2C(=O)O)C1. The Morgan fingerprint density at radius 3 is 2.76 bits per heavy atom. The number of piperidine rings is 1. The molecule has 1 heterocycles. The highest BCUT2D eigenvalue weighted by Crippen LogP contribution is 2.38. The van der Waals surface area contributed by atoms with Gasteiger partial charge in [0.15, 0.2) is 0 Å². The Morgan fingerprint density at radius 1 is 1.41 bits per heavy atom. The Kier molecular flexibility index (Phi) is 3.66. The second-order valence-electron chi connectivity index (χ2n) is 5.03. The van der Waals surface area contributed by atoms with E-state index in [9.17, 15) is 9.59 Å². The lowest BCUT2D eigenvalue weighted by atomic mass is 10.1. The van der Waals surface area contributed by atoms with Crippen LogP contribution in [-0.4, -0.2) is 47.6 Å². The predicted octanol–water partition coefficient (Wildman–Crippen LogP) is 0.308. The number of hydrogen-bond acceptors (Lipinski definition) is 3. The van der Waals surface area contributed by atoms with Crippen LogP contribution in [0.4, 0.5) is 0 Å². The number of likely N-dealkylation sites (tertiary alicyclic amines) is 1. The van der Waals surface area contributed by atoms with Crippen LogP contribution in [0, 0.1) is 11.8 Å². The average molecular weight is 240 g/mol. The minimum Gasteiger partial charge on any atom is -0.481 e. The smallest absolute Gasteiger partial charge is 0.307 e. The molecule has 5 nitrogen and oxygen atoms in total. The fourth-order valence-corrected chi connectivity index (χ4v) is 2.53. The first-order valence-corrected chi connectivity index (χ1v) is 6.37. The first-order valence-electron chi connectivity index (χ1n) is 6.37. The van der Waals surface area contributed by atoms with Crippen LogP contribution in [0.15, 0.2) is 0 Å². The van der Waals surface area contributed by atoms with Crippen molar-refractivity contribution in [3.05, 3.63) is 0 Å². The van der Waals surface area contributed by atoms with E-state index in [1.807, 2.05) is 0 Å². The van der Waals surface area contributed by atoms with E-state index >= 15 is 0 Å². The highest BCUT2D eigenvalue weighted by atomic mass is 16.4. The maximum atomic E-state index is 11.8. The number of carboxylic acids is 1. The minimum absolute atomic E-state index is 0.0691. The van der Waals surface area contributed by atoms with Gasteiger partial charge in [-0.25, -0.2) is 0 Å². The van der Waals surface area contributed by atoms with Crippen molar-refractivity contribution in [3.63, 3.8) is 0 Å². The molecule has 17 heavy (non-hydrogen) atoms. The van der Waals surface area contributed by atoms with Crippen molar-refractivity contribution in [3.8, 4) is 0 Å². The van der Waals surface area contributed by atoms with Crippen LogP contribution in [0.2, 0.25) is 0 Å². The highest BCUT2D eigenvalue weighted by Gasteiger charge is 2.48. The molecule has 5 heteroatoms. The van der Waals surface area contributed by atoms with Gasteiger partial charge in [-0.2, -0.15) is 0 Å². The van der Waals surface area contributed by atoms with Crippen LogP contribution in [-0.2, 0) is 9.59 Å². The quantitative estimate of drug-likeness (QED) is 0.742. The standard InChI is InChI=1S/C12H20N2O3/c1-2-14-5-3-4-8(7-14)13-11(15)9-6-10(9)12(16)17/h8-10H,2-7H2,1H3,(H,13,15)(H,16,17). The first kappa shape index (κ1) is 12.4. The summed E-state index contributed by atoms with van der Waals surface area (Å²) in [5.41, 5.74) is 0. The minimum atomic E-state index is -0.844. The van der Waals surface area contributed by atoms with E-state index in [0.29, 0.717) is 6.42 Å². The molecule has 1 saturated carbocycles. The van der Waals surface area contributed by atoms with Crippen molar-refractivity contribution in [1.29, 1.82) is 0 Å². The number of carbonyl (C=O) groups is 2. The van der Waals surface area contributed by atoms with E-state index in [-0.39, 0.29) is 17.9 Å². The molecule has 2 N–H and O–H groups in total. The molecule has 0 radical (unpaired) electrons. The number of nitrogens with zero attached hydrogens (tertiary/aromatic N) is 1. The number of hydrogen-bond donors (Lipinski definition) is 2. The number of aliphatic carboxylic acids is 1. The summed E-state index contributed by atoms with van der Waals surface area (Å²) in [6.07, 6.45) is 2.61. The van der Waals surface area contributed by atoms with Crippen molar-refractivity contribution in [2.75, 3.05) is 19.6 Å². The fourth-order valence-electron chi connectivity index (χ4n) is 2.53. The van der Waals surface area contributed by atoms with Crippen molar-refractivity contribution < 1.29 is 14.7 Å². The van der Waals surface area contributed by atoms with Crippen LogP contribution in [0.25, 0.3) is 0 Å². The van der Waals surface area contributed by atoms with Gasteiger partial charge in [-0.05, 0) is 32.4 Å². The summed E-state index contributed by atoms with van der Waals surface area (Å²) in [4.78, 5) is 24.8. The molecule has 96 valence electrons. The third-order valence-electron chi connectivity index (χ3n) is 3.74. The molecule has 2 aliphatic rings. The summed E-state index contributed by atoms with van der Waals surface area (Å²) in [5.74, 6) is -1.64. The van der Waals surface area contributed by atoms with E-state index < -0.39 is 11.9 Å². The molecule has 1 amide bonds. The van der Waals surface area contributed by atoms with Crippen LogP contribution >= 0.6 is 0 Å². The molecule has 0 aromatic carbocycles. The Morgan fingerprint density at radius 2 is 2.18 bits per heavy atom. The zero-order chi connectivity index (χ0) is 12.4. The number of rotatable bonds is 4. The molecule has 2 fully saturated rings. The van der Waals surface area contributed by atoms with E-state index in [4.69, 9.17) is 5.11 Å². The number of carbonyl (C=O) groups excluding carboxylic acids is 1. The second-order valence-corrected chi connectivity index (χ2v) is 5.03. The zero-order valence-corrected chi connectivity index (χ0v) is 10.2. The lowest BCUT2D eigenvalue weighted by Crippen LogP contribution is -2.48. The molecule has 3 unspecified atom stereocenters. The third kappa shape index (κ3) is 2.97. The number of likely N-dealkylation sites (N-methyl/N-ethyl adjacent to an activating group) is 1. The second kappa shape index (κ2) is 5.04. The van der Waals surface area contributed by atoms with Crippen LogP contribution in [0.3, 0.4) is 0 Å². The third-order valence-corrected chi connectivity index (χ3v) is 3.74. The summed E-state index contributed by atoms with van der Waals surface area (Å²) < 4.78 is 0. The van der Waals surface area contributed by atoms with Gasteiger partial charge < -0.3 is 15.3 Å². The first-order chi connectivity index (χ1) is 8.11. The zero-order valence-electron chi connectivity index (χ0n) is 10.2. The summed E-state index contributed by atoms with van der Waals surface area (Å²) in [6, 6.07) is 0.200. The molecule has 0 bridgehead atoms. The van der Waals surface area contributed by atoms with Crippen molar-refractivity contribution in [2.45, 2.75) is 32.2 Å². The van der Waals surface area contributed by atoms with Gasteiger partial charge >= 0.3 is 5.97 Å². The van der Waals surface area contributed by atoms with Crippen LogP contribution < -0.4 is 5.32 Å². The molecule has 1 aliphatic heterocycles. The van der Waals surface area contributed by atoms with Crippen LogP contribution in [0.5, 0.6) is 0 Å². The van der Waals surface area contributed by atoms with Gasteiger partial charge in [0.1, 0.15) is 0 Å². The largest absolute Gasteiger partial charge is 0.481 e. The van der Waals surface area contributed by atoms with Gasteiger partial charge in [0, 0.05) is 12.6 Å². The Labute approximate surface area is 101 Å². The molecule has 0 aromatic heterocycles. The molecule has 0 aromatic rings. The van der Waals surface area contributed by atoms with E-state index in [2.05, 4.69) is 17.1 Å². The highest BCUT2D eigenvalue weighted by molar-refractivity contribution is 5.89. The number of nitrogens with one attached hydrogen (secondary N) is 1. The van der Waals surface area contributed by atoms with Gasteiger partial charge in [0.25, 0.3) is 0 Å². The fraction of sp³-hybridized carbons (Fsp3) is 0.833. The Bertz CT molecular complexity index is 319.